The highest BCUT2D eigenvalue weighted by atomic mass is 14.8. The molecule has 0 radical (unpaired) electrons. The maximum Gasteiger partial charge on any atom is 0.0658 e. The summed E-state index contributed by atoms with van der Waals surface area (Å²) in [5.41, 5.74) is 8.35. The van der Waals surface area contributed by atoms with Crippen molar-refractivity contribution >= 4 is 34.2 Å². The van der Waals surface area contributed by atoms with Crippen molar-refractivity contribution in [1.82, 2.24) is 19.9 Å². The monoisotopic (exact) mass is 340 g/mol. The van der Waals surface area contributed by atoms with Crippen LogP contribution in [0.1, 0.15) is 36.6 Å². The van der Waals surface area contributed by atoms with Gasteiger partial charge < -0.3 is 9.97 Å². The van der Waals surface area contributed by atoms with Gasteiger partial charge in [0.25, 0.3) is 0 Å². The van der Waals surface area contributed by atoms with E-state index < -0.39 is 0 Å². The van der Waals surface area contributed by atoms with Crippen LogP contribution in [-0.4, -0.2) is 19.9 Å². The highest BCUT2D eigenvalue weighted by Gasteiger charge is 2.28. The van der Waals surface area contributed by atoms with Crippen molar-refractivity contribution in [3.05, 3.63) is 71.3 Å². The minimum atomic E-state index is 0.0120. The molecule has 2 aliphatic rings. The lowest BCUT2D eigenvalue weighted by Crippen LogP contribution is -2.15. The van der Waals surface area contributed by atoms with Gasteiger partial charge in [-0.2, -0.15) is 0 Å². The molecule has 0 atom stereocenters. The Kier molecular flexibility index (Phi) is 3.16. The van der Waals surface area contributed by atoms with E-state index in [-0.39, 0.29) is 5.41 Å². The normalized spacial score (nSPS) is 15.3. The third-order valence-corrected chi connectivity index (χ3v) is 4.95. The summed E-state index contributed by atoms with van der Waals surface area (Å²) in [4.78, 5) is 16.5. The Morgan fingerprint density at radius 1 is 0.731 bits per heavy atom. The predicted octanol–water partition coefficient (Wildman–Crippen LogP) is 5.01. The van der Waals surface area contributed by atoms with Gasteiger partial charge >= 0.3 is 0 Å². The van der Waals surface area contributed by atoms with Gasteiger partial charge in [-0.15, -0.1) is 0 Å². The van der Waals surface area contributed by atoms with E-state index >= 15 is 0 Å². The van der Waals surface area contributed by atoms with Gasteiger partial charge in [0, 0.05) is 45.3 Å². The van der Waals surface area contributed by atoms with Crippen LogP contribution >= 0.6 is 0 Å². The number of fused-ring (bicyclic) bond motifs is 8. The molecule has 0 unspecified atom stereocenters. The topological polar surface area (TPSA) is 57.4 Å². The SMILES string of the molecule is CC1(C)Cc2cc3ccc(cc4ccc(cc5nc(cc1n2)C=C5)[nH]4)[nH]3. The Labute approximate surface area is 151 Å². The van der Waals surface area contributed by atoms with Crippen LogP contribution in [0, 0.1) is 0 Å². The lowest BCUT2D eigenvalue weighted by molar-refractivity contribution is 0.543. The third-order valence-electron chi connectivity index (χ3n) is 4.95. The molecule has 0 amide bonds. The zero-order valence-electron chi connectivity index (χ0n) is 14.9. The third kappa shape index (κ3) is 2.73. The van der Waals surface area contributed by atoms with Crippen LogP contribution in [0.25, 0.3) is 34.2 Å². The van der Waals surface area contributed by atoms with Crippen molar-refractivity contribution in [2.24, 2.45) is 0 Å². The van der Waals surface area contributed by atoms with Crippen molar-refractivity contribution < 1.29 is 0 Å². The molecule has 0 saturated heterocycles. The van der Waals surface area contributed by atoms with E-state index in [1.165, 1.54) is 0 Å². The van der Waals surface area contributed by atoms with Gasteiger partial charge in [-0.25, -0.2) is 4.98 Å². The van der Waals surface area contributed by atoms with Crippen LogP contribution in [0.5, 0.6) is 0 Å². The molecule has 0 spiro atoms. The second kappa shape index (κ2) is 5.43. The van der Waals surface area contributed by atoms with E-state index in [1.807, 2.05) is 6.08 Å². The smallest absolute Gasteiger partial charge is 0.0658 e. The number of hydrogen-bond acceptors (Lipinski definition) is 2. The van der Waals surface area contributed by atoms with Crippen molar-refractivity contribution in [3.63, 3.8) is 0 Å². The molecule has 26 heavy (non-hydrogen) atoms. The standard InChI is InChI=1S/C22H20N4/c1-22(2)13-20-11-18-6-5-16(24-18)9-14-3-4-15(23-14)10-17-7-8-19(25-17)12-21(22)26-20/h3-12,23-24H,13H2,1-2H3. The summed E-state index contributed by atoms with van der Waals surface area (Å²) in [6.45, 7) is 4.47. The predicted molar refractivity (Wildman–Crippen MR) is 107 cm³/mol. The molecular weight excluding hydrogens is 320 g/mol. The second-order valence-electron chi connectivity index (χ2n) is 7.66. The quantitative estimate of drug-likeness (QED) is 0.473. The van der Waals surface area contributed by atoms with Crippen molar-refractivity contribution in [3.8, 4) is 0 Å². The summed E-state index contributed by atoms with van der Waals surface area (Å²) in [5.74, 6) is 0. The Balaban J connectivity index is 1.85. The van der Waals surface area contributed by atoms with E-state index in [1.54, 1.807) is 0 Å². The summed E-state index contributed by atoms with van der Waals surface area (Å²) < 4.78 is 0. The largest absolute Gasteiger partial charge is 0.355 e. The maximum absolute atomic E-state index is 4.88. The van der Waals surface area contributed by atoms with Gasteiger partial charge in [0.2, 0.25) is 0 Å². The van der Waals surface area contributed by atoms with Crippen LogP contribution in [0.3, 0.4) is 0 Å². The van der Waals surface area contributed by atoms with Gasteiger partial charge in [-0.3, -0.25) is 4.98 Å². The molecule has 0 saturated carbocycles. The van der Waals surface area contributed by atoms with Crippen LogP contribution in [-0.2, 0) is 11.8 Å². The summed E-state index contributed by atoms with van der Waals surface area (Å²) in [5, 5.41) is 0. The minimum Gasteiger partial charge on any atom is -0.355 e. The van der Waals surface area contributed by atoms with Gasteiger partial charge in [-0.05, 0) is 60.7 Å². The molecule has 3 aromatic heterocycles. The van der Waals surface area contributed by atoms with E-state index in [9.17, 15) is 0 Å². The molecule has 0 fully saturated rings. The number of aromatic nitrogens is 4. The Morgan fingerprint density at radius 3 is 2.00 bits per heavy atom. The molecule has 0 aromatic carbocycles. The van der Waals surface area contributed by atoms with Gasteiger partial charge in [0.05, 0.1) is 11.4 Å². The van der Waals surface area contributed by atoms with E-state index in [4.69, 9.17) is 9.97 Å². The first kappa shape index (κ1) is 15.1. The zero-order chi connectivity index (χ0) is 17.7. The molecule has 2 aliphatic heterocycles. The van der Waals surface area contributed by atoms with Crippen LogP contribution in [0.2, 0.25) is 0 Å². The Morgan fingerprint density at radius 2 is 1.31 bits per heavy atom. The highest BCUT2D eigenvalue weighted by Crippen LogP contribution is 2.31. The van der Waals surface area contributed by atoms with Gasteiger partial charge in [0.1, 0.15) is 0 Å². The van der Waals surface area contributed by atoms with Crippen molar-refractivity contribution in [1.29, 1.82) is 0 Å². The highest BCUT2D eigenvalue weighted by molar-refractivity contribution is 5.74. The lowest BCUT2D eigenvalue weighted by Gasteiger charge is -2.15. The summed E-state index contributed by atoms with van der Waals surface area (Å²) >= 11 is 0. The average Bonchev–Trinajstić information content (AvgIpc) is 3.32. The number of aromatic amines is 2. The maximum atomic E-state index is 4.88. The first-order valence-corrected chi connectivity index (χ1v) is 8.89. The molecule has 0 aliphatic carbocycles. The summed E-state index contributed by atoms with van der Waals surface area (Å²) in [6.07, 6.45) is 5.03. The number of nitrogens with zero attached hydrogens (tertiary/aromatic N) is 2. The molecule has 2 N–H and O–H groups in total. The van der Waals surface area contributed by atoms with Gasteiger partial charge in [-0.1, -0.05) is 13.8 Å². The van der Waals surface area contributed by atoms with Crippen molar-refractivity contribution in [2.45, 2.75) is 25.7 Å². The Bertz CT molecular complexity index is 1190. The number of rotatable bonds is 0. The summed E-state index contributed by atoms with van der Waals surface area (Å²) in [6, 6.07) is 16.8. The molecule has 4 heteroatoms. The molecule has 5 rings (SSSR count). The molecule has 4 nitrogen and oxygen atoms in total. The molecule has 3 aromatic rings. The summed E-state index contributed by atoms with van der Waals surface area (Å²) in [7, 11) is 0. The van der Waals surface area contributed by atoms with E-state index in [0.717, 1.165) is 51.3 Å². The van der Waals surface area contributed by atoms with E-state index in [0.29, 0.717) is 0 Å². The fraction of sp³-hybridized carbons (Fsp3) is 0.182. The van der Waals surface area contributed by atoms with Crippen LogP contribution in [0.4, 0.5) is 0 Å². The minimum absolute atomic E-state index is 0.0120. The van der Waals surface area contributed by atoms with E-state index in [2.05, 4.69) is 78.4 Å². The molecule has 8 bridgehead atoms. The fourth-order valence-electron chi connectivity index (χ4n) is 3.60. The second-order valence-corrected chi connectivity index (χ2v) is 7.66. The van der Waals surface area contributed by atoms with Crippen LogP contribution in [0.15, 0.2) is 48.5 Å². The van der Waals surface area contributed by atoms with Gasteiger partial charge in [0.15, 0.2) is 0 Å². The first-order chi connectivity index (χ1) is 12.5. The zero-order valence-corrected chi connectivity index (χ0v) is 14.9. The molecular formula is C22H20N4. The average molecular weight is 340 g/mol. The Hall–Kier alpha value is -3.14. The van der Waals surface area contributed by atoms with Crippen LogP contribution < -0.4 is 0 Å². The molecule has 5 heterocycles. The van der Waals surface area contributed by atoms with Crippen molar-refractivity contribution in [2.75, 3.05) is 0 Å². The number of H-pyrrole nitrogens is 2. The molecule has 128 valence electrons. The lowest BCUT2D eigenvalue weighted by atomic mass is 9.87. The number of nitrogens with one attached hydrogen (secondary N) is 2. The number of hydrogen-bond donors (Lipinski definition) is 2. The first-order valence-electron chi connectivity index (χ1n) is 8.89. The fourth-order valence-corrected chi connectivity index (χ4v) is 3.60.